The molecule has 32 heavy (non-hydrogen) atoms. The van der Waals surface area contributed by atoms with Gasteiger partial charge in [-0.25, -0.2) is 4.98 Å². The van der Waals surface area contributed by atoms with Gasteiger partial charge in [0.1, 0.15) is 0 Å². The van der Waals surface area contributed by atoms with E-state index in [2.05, 4.69) is 41.9 Å². The summed E-state index contributed by atoms with van der Waals surface area (Å²) in [5, 5.41) is 4.44. The van der Waals surface area contributed by atoms with Crippen molar-refractivity contribution in [3.63, 3.8) is 0 Å². The molecule has 1 aliphatic heterocycles. The molecule has 0 spiro atoms. The second-order valence-electron chi connectivity index (χ2n) is 9.32. The van der Waals surface area contributed by atoms with Gasteiger partial charge in [0.15, 0.2) is 0 Å². The van der Waals surface area contributed by atoms with Crippen LogP contribution in [0.2, 0.25) is 0 Å². The molecule has 1 saturated heterocycles. The normalized spacial score (nSPS) is 18.8. The number of ether oxygens (including phenoxy) is 1. The Hall–Kier alpha value is -1.76. The Labute approximate surface area is 196 Å². The zero-order chi connectivity index (χ0) is 22.3. The second kappa shape index (κ2) is 11.4. The molecule has 2 fully saturated rings. The van der Waals surface area contributed by atoms with Crippen LogP contribution in [0, 0.1) is 5.92 Å². The second-order valence-corrected chi connectivity index (χ2v) is 10.4. The van der Waals surface area contributed by atoms with Crippen LogP contribution in [0.15, 0.2) is 30.4 Å². The summed E-state index contributed by atoms with van der Waals surface area (Å²) in [6.07, 6.45) is 8.11. The maximum Gasteiger partial charge on any atom is 0.220 e. The van der Waals surface area contributed by atoms with E-state index in [0.717, 1.165) is 56.2 Å². The summed E-state index contributed by atoms with van der Waals surface area (Å²) < 4.78 is 6.68. The van der Waals surface area contributed by atoms with Crippen LogP contribution < -0.4 is 5.32 Å². The van der Waals surface area contributed by atoms with Crippen LogP contribution in [0.3, 0.4) is 0 Å². The van der Waals surface area contributed by atoms with Crippen molar-refractivity contribution in [2.24, 2.45) is 5.92 Å². The highest BCUT2D eigenvalue weighted by atomic mass is 32.1. The summed E-state index contributed by atoms with van der Waals surface area (Å²) >= 11 is 1.72. The number of hydrogen-bond acceptors (Lipinski definition) is 5. The average molecular weight is 456 g/mol. The SMILES string of the molecule is C=C(CC(NC(=O)CCc1nc2ccc(CC)cc2s1)C1CCCC1)CN1CCOCC1. The molecule has 5 nitrogen and oxygen atoms in total. The van der Waals surface area contributed by atoms with Crippen molar-refractivity contribution in [3.8, 4) is 0 Å². The molecule has 1 saturated carbocycles. The molecule has 1 aliphatic carbocycles. The predicted molar refractivity (Wildman–Crippen MR) is 132 cm³/mol. The zero-order valence-electron chi connectivity index (χ0n) is 19.4. The third-order valence-electron chi connectivity index (χ3n) is 6.85. The fraction of sp³-hybridized carbons (Fsp3) is 0.615. The van der Waals surface area contributed by atoms with E-state index in [1.165, 1.54) is 41.5 Å². The minimum absolute atomic E-state index is 0.148. The molecule has 2 aliphatic rings. The molecule has 1 amide bonds. The Morgan fingerprint density at radius 2 is 2.09 bits per heavy atom. The van der Waals surface area contributed by atoms with Gasteiger partial charge in [-0.15, -0.1) is 11.3 Å². The Balaban J connectivity index is 1.31. The van der Waals surface area contributed by atoms with Crippen LogP contribution in [0.25, 0.3) is 10.2 Å². The van der Waals surface area contributed by atoms with Gasteiger partial charge in [-0.2, -0.15) is 0 Å². The highest BCUT2D eigenvalue weighted by Gasteiger charge is 2.27. The van der Waals surface area contributed by atoms with Gasteiger partial charge in [-0.1, -0.05) is 38.0 Å². The molecular weight excluding hydrogens is 418 g/mol. The van der Waals surface area contributed by atoms with E-state index in [-0.39, 0.29) is 11.9 Å². The molecule has 4 rings (SSSR count). The maximum absolute atomic E-state index is 12.9. The predicted octanol–water partition coefficient (Wildman–Crippen LogP) is 4.74. The van der Waals surface area contributed by atoms with E-state index in [1.54, 1.807) is 11.3 Å². The quantitative estimate of drug-likeness (QED) is 0.526. The summed E-state index contributed by atoms with van der Waals surface area (Å²) in [6, 6.07) is 6.69. The number of nitrogens with one attached hydrogen (secondary N) is 1. The molecule has 0 radical (unpaired) electrons. The smallest absolute Gasteiger partial charge is 0.220 e. The number of rotatable bonds is 10. The van der Waals surface area contributed by atoms with E-state index < -0.39 is 0 Å². The van der Waals surface area contributed by atoms with Gasteiger partial charge < -0.3 is 10.1 Å². The third kappa shape index (κ3) is 6.40. The van der Waals surface area contributed by atoms with Crippen LogP contribution in [-0.2, 0) is 22.4 Å². The van der Waals surface area contributed by atoms with Crippen molar-refractivity contribution in [2.45, 2.75) is 64.3 Å². The number of thiazole rings is 1. The molecule has 6 heteroatoms. The fourth-order valence-corrected chi connectivity index (χ4v) is 6.02. The maximum atomic E-state index is 12.9. The molecule has 1 unspecified atom stereocenters. The van der Waals surface area contributed by atoms with Gasteiger partial charge in [0, 0.05) is 38.5 Å². The number of benzene rings is 1. The Kier molecular flexibility index (Phi) is 8.33. The Morgan fingerprint density at radius 1 is 1.31 bits per heavy atom. The van der Waals surface area contributed by atoms with Gasteiger partial charge in [-0.3, -0.25) is 9.69 Å². The monoisotopic (exact) mass is 455 g/mol. The first-order valence-electron chi connectivity index (χ1n) is 12.2. The number of carbonyl (C=O) groups excluding carboxylic acids is 1. The lowest BCUT2D eigenvalue weighted by molar-refractivity contribution is -0.122. The van der Waals surface area contributed by atoms with Crippen molar-refractivity contribution >= 4 is 27.5 Å². The first kappa shape index (κ1) is 23.4. The molecule has 2 heterocycles. The summed E-state index contributed by atoms with van der Waals surface area (Å²) in [5.74, 6) is 0.727. The van der Waals surface area contributed by atoms with Gasteiger partial charge in [-0.05, 0) is 49.3 Å². The van der Waals surface area contributed by atoms with E-state index in [0.29, 0.717) is 18.8 Å². The summed E-state index contributed by atoms with van der Waals surface area (Å²) in [7, 11) is 0. The third-order valence-corrected chi connectivity index (χ3v) is 7.92. The molecule has 1 aromatic heterocycles. The lowest BCUT2D eigenvalue weighted by atomic mass is 9.92. The van der Waals surface area contributed by atoms with Crippen molar-refractivity contribution in [1.29, 1.82) is 0 Å². The van der Waals surface area contributed by atoms with E-state index in [1.807, 2.05) is 0 Å². The Morgan fingerprint density at radius 3 is 2.84 bits per heavy atom. The number of aromatic nitrogens is 1. The van der Waals surface area contributed by atoms with Crippen LogP contribution in [0.1, 0.15) is 56.0 Å². The van der Waals surface area contributed by atoms with E-state index in [4.69, 9.17) is 9.72 Å². The number of hydrogen-bond donors (Lipinski definition) is 1. The van der Waals surface area contributed by atoms with Crippen molar-refractivity contribution in [2.75, 3.05) is 32.8 Å². The van der Waals surface area contributed by atoms with Crippen LogP contribution in [0.5, 0.6) is 0 Å². The van der Waals surface area contributed by atoms with Gasteiger partial charge >= 0.3 is 0 Å². The number of nitrogens with zero attached hydrogens (tertiary/aromatic N) is 2. The standard InChI is InChI=1S/C26H37N3O2S/c1-3-20-8-9-22-24(17-20)32-26(28-22)11-10-25(30)27-23(21-6-4-5-7-21)16-19(2)18-29-12-14-31-15-13-29/h8-9,17,21,23H,2-7,10-16,18H2,1H3,(H,27,30). The molecule has 2 aromatic rings. The first-order chi connectivity index (χ1) is 15.6. The van der Waals surface area contributed by atoms with E-state index >= 15 is 0 Å². The lowest BCUT2D eigenvalue weighted by Gasteiger charge is -2.30. The van der Waals surface area contributed by atoms with Crippen molar-refractivity contribution < 1.29 is 9.53 Å². The highest BCUT2D eigenvalue weighted by molar-refractivity contribution is 7.18. The number of amides is 1. The zero-order valence-corrected chi connectivity index (χ0v) is 20.2. The van der Waals surface area contributed by atoms with Gasteiger partial charge in [0.2, 0.25) is 5.91 Å². The molecule has 0 bridgehead atoms. The topological polar surface area (TPSA) is 54.5 Å². The van der Waals surface area contributed by atoms with Crippen LogP contribution in [-0.4, -0.2) is 54.7 Å². The van der Waals surface area contributed by atoms with Gasteiger partial charge in [0.05, 0.1) is 28.4 Å². The van der Waals surface area contributed by atoms with Crippen molar-refractivity contribution in [3.05, 3.63) is 40.9 Å². The molecule has 1 atom stereocenters. The fourth-order valence-electron chi connectivity index (χ4n) is 4.99. The highest BCUT2D eigenvalue weighted by Crippen LogP contribution is 2.31. The van der Waals surface area contributed by atoms with Crippen LogP contribution >= 0.6 is 11.3 Å². The largest absolute Gasteiger partial charge is 0.379 e. The number of aryl methyl sites for hydroxylation is 2. The summed E-state index contributed by atoms with van der Waals surface area (Å²) in [4.78, 5) is 20.0. The number of morpholine rings is 1. The minimum Gasteiger partial charge on any atom is -0.379 e. The van der Waals surface area contributed by atoms with Crippen molar-refractivity contribution in [1.82, 2.24) is 15.2 Å². The number of carbonyl (C=O) groups is 1. The molecule has 1 N–H and O–H groups in total. The molecular formula is C26H37N3O2S. The average Bonchev–Trinajstić information content (AvgIpc) is 3.47. The Bertz CT molecular complexity index is 913. The van der Waals surface area contributed by atoms with Gasteiger partial charge in [0.25, 0.3) is 0 Å². The summed E-state index contributed by atoms with van der Waals surface area (Å²) in [5.41, 5.74) is 3.61. The van der Waals surface area contributed by atoms with Crippen LogP contribution in [0.4, 0.5) is 0 Å². The van der Waals surface area contributed by atoms with E-state index in [9.17, 15) is 4.79 Å². The minimum atomic E-state index is 0.148. The first-order valence-corrected chi connectivity index (χ1v) is 13.1. The molecule has 174 valence electrons. The lowest BCUT2D eigenvalue weighted by Crippen LogP contribution is -2.42. The molecule has 1 aromatic carbocycles. The number of fused-ring (bicyclic) bond motifs is 1. The summed E-state index contributed by atoms with van der Waals surface area (Å²) in [6.45, 7) is 11.0.